The first-order chi connectivity index (χ1) is 12.8. The Balaban J connectivity index is 0.00000392. The Hall–Kier alpha value is -1.31. The third-order valence-corrected chi connectivity index (χ3v) is 5.40. The summed E-state index contributed by atoms with van der Waals surface area (Å²) in [5.41, 5.74) is 2.91. The molecule has 6 heteroatoms. The smallest absolute Gasteiger partial charge is 0.220 e. The van der Waals surface area contributed by atoms with Crippen LogP contribution < -0.4 is 10.6 Å². The number of aliphatic imine (C=N–C) groups is 1. The number of piperidine rings is 1. The van der Waals surface area contributed by atoms with Gasteiger partial charge < -0.3 is 15.5 Å². The van der Waals surface area contributed by atoms with Crippen LogP contribution in [0, 0.1) is 5.92 Å². The number of carbonyl (C=O) groups is 1. The van der Waals surface area contributed by atoms with Crippen LogP contribution in [0.2, 0.25) is 0 Å². The molecule has 5 nitrogen and oxygen atoms in total. The Labute approximate surface area is 187 Å². The summed E-state index contributed by atoms with van der Waals surface area (Å²) < 4.78 is 0. The third-order valence-electron chi connectivity index (χ3n) is 5.40. The maximum atomic E-state index is 11.5. The normalized spacial score (nSPS) is 15.8. The van der Waals surface area contributed by atoms with Crippen molar-refractivity contribution in [3.05, 3.63) is 35.4 Å². The molecule has 0 radical (unpaired) electrons. The molecule has 2 N–H and O–H groups in total. The highest BCUT2D eigenvalue weighted by atomic mass is 127. The molecule has 1 heterocycles. The fourth-order valence-electron chi connectivity index (χ4n) is 3.54. The monoisotopic (exact) mass is 500 g/mol. The van der Waals surface area contributed by atoms with Crippen LogP contribution in [-0.2, 0) is 16.6 Å². The van der Waals surface area contributed by atoms with Crippen LogP contribution >= 0.6 is 24.0 Å². The molecule has 0 aliphatic carbocycles. The highest BCUT2D eigenvalue weighted by molar-refractivity contribution is 14.0. The molecule has 1 saturated heterocycles. The number of carbonyl (C=O) groups excluding carboxylic acids is 1. The van der Waals surface area contributed by atoms with Crippen molar-refractivity contribution < 1.29 is 4.79 Å². The molecule has 1 fully saturated rings. The molecule has 0 spiro atoms. The lowest BCUT2D eigenvalue weighted by atomic mass is 9.86. The summed E-state index contributed by atoms with van der Waals surface area (Å²) in [6.45, 7) is 9.52. The fraction of sp³-hybridized carbons (Fsp3) is 0.636. The predicted molar refractivity (Wildman–Crippen MR) is 129 cm³/mol. The molecule has 1 aromatic rings. The number of amides is 1. The minimum atomic E-state index is 0. The van der Waals surface area contributed by atoms with E-state index in [-0.39, 0.29) is 35.3 Å². The minimum absolute atomic E-state index is 0. The SMILES string of the molecule is CN=C(NCCc1ccc(C(C)(C)C)cc1)N1CCC(CC(=O)NC)CC1.I. The van der Waals surface area contributed by atoms with Gasteiger partial charge in [0.15, 0.2) is 5.96 Å². The van der Waals surface area contributed by atoms with E-state index in [9.17, 15) is 4.79 Å². The Bertz CT molecular complexity index is 629. The number of hydrogen-bond acceptors (Lipinski definition) is 2. The molecule has 28 heavy (non-hydrogen) atoms. The third kappa shape index (κ3) is 7.60. The molecule has 158 valence electrons. The van der Waals surface area contributed by atoms with Gasteiger partial charge in [-0.25, -0.2) is 0 Å². The zero-order chi connectivity index (χ0) is 19.9. The van der Waals surface area contributed by atoms with E-state index in [0.29, 0.717) is 12.3 Å². The van der Waals surface area contributed by atoms with Crippen molar-refractivity contribution in [1.82, 2.24) is 15.5 Å². The summed E-state index contributed by atoms with van der Waals surface area (Å²) in [5, 5.41) is 6.22. The van der Waals surface area contributed by atoms with Crippen molar-refractivity contribution >= 4 is 35.8 Å². The summed E-state index contributed by atoms with van der Waals surface area (Å²) in [4.78, 5) is 18.3. The van der Waals surface area contributed by atoms with E-state index in [1.54, 1.807) is 7.05 Å². The van der Waals surface area contributed by atoms with Gasteiger partial charge >= 0.3 is 0 Å². The van der Waals surface area contributed by atoms with Crippen LogP contribution in [0.25, 0.3) is 0 Å². The molecule has 0 unspecified atom stereocenters. The average Bonchev–Trinajstić information content (AvgIpc) is 2.65. The van der Waals surface area contributed by atoms with Gasteiger partial charge in [0.1, 0.15) is 0 Å². The maximum absolute atomic E-state index is 11.5. The predicted octanol–water partition coefficient (Wildman–Crippen LogP) is 3.57. The number of likely N-dealkylation sites (tertiary alicyclic amines) is 1. The van der Waals surface area contributed by atoms with Gasteiger partial charge in [-0.05, 0) is 41.7 Å². The van der Waals surface area contributed by atoms with Crippen LogP contribution in [0.4, 0.5) is 0 Å². The Morgan fingerprint density at radius 2 is 1.79 bits per heavy atom. The first-order valence-corrected chi connectivity index (χ1v) is 10.1. The summed E-state index contributed by atoms with van der Waals surface area (Å²) >= 11 is 0. The second kappa shape index (κ2) is 11.6. The quantitative estimate of drug-likeness (QED) is 0.369. The van der Waals surface area contributed by atoms with Crippen molar-refractivity contribution in [2.24, 2.45) is 10.9 Å². The standard InChI is InChI=1S/C22H36N4O.HI/c1-22(2,3)19-8-6-17(7-9-19)10-13-25-21(24-5)26-14-11-18(12-15-26)16-20(27)23-4;/h6-9,18H,10-16H2,1-5H3,(H,23,27)(H,24,25);1H. The molecule has 0 atom stereocenters. The van der Waals surface area contributed by atoms with Gasteiger partial charge in [-0.2, -0.15) is 0 Å². The number of benzene rings is 1. The molecule has 0 bridgehead atoms. The zero-order valence-corrected chi connectivity index (χ0v) is 20.4. The molecule has 1 aromatic carbocycles. The van der Waals surface area contributed by atoms with Gasteiger partial charge in [-0.1, -0.05) is 45.0 Å². The van der Waals surface area contributed by atoms with E-state index in [1.165, 1.54) is 11.1 Å². The molecular formula is C22H37IN4O. The first kappa shape index (κ1) is 24.7. The highest BCUT2D eigenvalue weighted by Crippen LogP contribution is 2.22. The molecular weight excluding hydrogens is 463 g/mol. The number of halogens is 1. The molecule has 0 saturated carbocycles. The van der Waals surface area contributed by atoms with Gasteiger partial charge in [0.05, 0.1) is 0 Å². The lowest BCUT2D eigenvalue weighted by Crippen LogP contribution is -2.46. The van der Waals surface area contributed by atoms with Crippen LogP contribution in [-0.4, -0.2) is 50.5 Å². The summed E-state index contributed by atoms with van der Waals surface area (Å²) in [7, 11) is 3.55. The second-order valence-corrected chi connectivity index (χ2v) is 8.48. The van der Waals surface area contributed by atoms with Crippen molar-refractivity contribution in [2.75, 3.05) is 33.7 Å². The number of rotatable bonds is 5. The molecule has 1 amide bonds. The number of nitrogens with one attached hydrogen (secondary N) is 2. The Morgan fingerprint density at radius 3 is 2.29 bits per heavy atom. The van der Waals surface area contributed by atoms with Crippen molar-refractivity contribution in [3.8, 4) is 0 Å². The van der Waals surface area contributed by atoms with Crippen LogP contribution in [0.15, 0.2) is 29.3 Å². The largest absolute Gasteiger partial charge is 0.359 e. The van der Waals surface area contributed by atoms with Crippen LogP contribution in [0.1, 0.15) is 51.2 Å². The lowest BCUT2D eigenvalue weighted by Gasteiger charge is -2.34. The van der Waals surface area contributed by atoms with Gasteiger partial charge in [-0.15, -0.1) is 24.0 Å². The van der Waals surface area contributed by atoms with Crippen LogP contribution in [0.3, 0.4) is 0 Å². The van der Waals surface area contributed by atoms with E-state index in [1.807, 2.05) is 7.05 Å². The van der Waals surface area contributed by atoms with Crippen molar-refractivity contribution in [1.29, 1.82) is 0 Å². The molecule has 1 aliphatic rings. The summed E-state index contributed by atoms with van der Waals surface area (Å²) in [6, 6.07) is 8.94. The number of nitrogens with zero attached hydrogens (tertiary/aromatic N) is 2. The topological polar surface area (TPSA) is 56.7 Å². The Morgan fingerprint density at radius 1 is 1.18 bits per heavy atom. The van der Waals surface area contributed by atoms with E-state index in [2.05, 4.69) is 65.6 Å². The lowest BCUT2D eigenvalue weighted by molar-refractivity contribution is -0.121. The first-order valence-electron chi connectivity index (χ1n) is 10.1. The number of hydrogen-bond donors (Lipinski definition) is 2. The number of guanidine groups is 1. The summed E-state index contributed by atoms with van der Waals surface area (Å²) in [5.74, 6) is 1.61. The van der Waals surface area contributed by atoms with E-state index < -0.39 is 0 Å². The van der Waals surface area contributed by atoms with Gasteiger partial charge in [0.25, 0.3) is 0 Å². The van der Waals surface area contributed by atoms with Gasteiger partial charge in [-0.3, -0.25) is 9.79 Å². The molecule has 0 aromatic heterocycles. The van der Waals surface area contributed by atoms with Crippen molar-refractivity contribution in [3.63, 3.8) is 0 Å². The van der Waals surface area contributed by atoms with E-state index in [4.69, 9.17) is 0 Å². The maximum Gasteiger partial charge on any atom is 0.220 e. The van der Waals surface area contributed by atoms with Gasteiger partial charge in [0.2, 0.25) is 5.91 Å². The molecule has 2 rings (SSSR count). The average molecular weight is 500 g/mol. The Kier molecular flexibility index (Phi) is 10.3. The van der Waals surface area contributed by atoms with Gasteiger partial charge in [0, 0.05) is 40.2 Å². The minimum Gasteiger partial charge on any atom is -0.359 e. The zero-order valence-electron chi connectivity index (χ0n) is 18.0. The van der Waals surface area contributed by atoms with Crippen molar-refractivity contribution in [2.45, 2.75) is 51.9 Å². The second-order valence-electron chi connectivity index (χ2n) is 8.48. The summed E-state index contributed by atoms with van der Waals surface area (Å²) in [6.07, 6.45) is 3.71. The molecule has 1 aliphatic heterocycles. The fourth-order valence-corrected chi connectivity index (χ4v) is 3.54. The van der Waals surface area contributed by atoms with Crippen LogP contribution in [0.5, 0.6) is 0 Å². The highest BCUT2D eigenvalue weighted by Gasteiger charge is 2.23. The van der Waals surface area contributed by atoms with E-state index >= 15 is 0 Å². The van der Waals surface area contributed by atoms with E-state index in [0.717, 1.165) is 44.9 Å².